The van der Waals surface area contributed by atoms with Crippen LogP contribution in [-0.4, -0.2) is 30.3 Å². The lowest BCUT2D eigenvalue weighted by Crippen LogP contribution is -2.41. The molecule has 0 aromatic heterocycles. The lowest BCUT2D eigenvalue weighted by atomic mass is 10.1. The van der Waals surface area contributed by atoms with E-state index in [-0.39, 0.29) is 29.8 Å². The molecule has 6 heteroatoms. The SMILES string of the molecule is CCNC(=NCc1ccc(F)cc1)NCC(O)Cc1ccccc1.I. The minimum Gasteiger partial charge on any atom is -0.391 e. The minimum atomic E-state index is -0.498. The summed E-state index contributed by atoms with van der Waals surface area (Å²) in [6, 6.07) is 16.2. The van der Waals surface area contributed by atoms with Gasteiger partial charge in [-0.1, -0.05) is 42.5 Å². The Morgan fingerprint density at radius 3 is 2.36 bits per heavy atom. The first-order chi connectivity index (χ1) is 11.7. The number of nitrogens with zero attached hydrogens (tertiary/aromatic N) is 1. The quantitative estimate of drug-likeness (QED) is 0.340. The Labute approximate surface area is 165 Å². The van der Waals surface area contributed by atoms with Crippen LogP contribution in [0.3, 0.4) is 0 Å². The molecule has 1 unspecified atom stereocenters. The van der Waals surface area contributed by atoms with Crippen LogP contribution >= 0.6 is 24.0 Å². The van der Waals surface area contributed by atoms with Crippen LogP contribution in [0.25, 0.3) is 0 Å². The van der Waals surface area contributed by atoms with Crippen molar-refractivity contribution in [2.45, 2.75) is 26.0 Å². The van der Waals surface area contributed by atoms with Crippen LogP contribution in [0, 0.1) is 5.82 Å². The standard InChI is InChI=1S/C19H24FN3O.HI/c1-2-21-19(22-13-16-8-10-17(20)11-9-16)23-14-18(24)12-15-6-4-3-5-7-15;/h3-11,18,24H,2,12-14H2,1H3,(H2,21,22,23);1H. The van der Waals surface area contributed by atoms with Crippen molar-refractivity contribution < 1.29 is 9.50 Å². The third-order valence-corrected chi connectivity index (χ3v) is 3.50. The number of nitrogens with one attached hydrogen (secondary N) is 2. The highest BCUT2D eigenvalue weighted by molar-refractivity contribution is 14.0. The summed E-state index contributed by atoms with van der Waals surface area (Å²) >= 11 is 0. The summed E-state index contributed by atoms with van der Waals surface area (Å²) in [6.07, 6.45) is 0.0904. The van der Waals surface area contributed by atoms with Crippen molar-refractivity contribution in [1.82, 2.24) is 10.6 Å². The Morgan fingerprint density at radius 2 is 1.72 bits per heavy atom. The molecular weight excluding hydrogens is 432 g/mol. The van der Waals surface area contributed by atoms with Gasteiger partial charge in [0.2, 0.25) is 0 Å². The van der Waals surface area contributed by atoms with E-state index < -0.39 is 6.10 Å². The second-order valence-corrected chi connectivity index (χ2v) is 5.55. The maximum atomic E-state index is 12.9. The molecule has 136 valence electrons. The van der Waals surface area contributed by atoms with E-state index >= 15 is 0 Å². The highest BCUT2D eigenvalue weighted by Crippen LogP contribution is 2.04. The van der Waals surface area contributed by atoms with E-state index in [0.29, 0.717) is 25.5 Å². The molecule has 0 aliphatic heterocycles. The fraction of sp³-hybridized carbons (Fsp3) is 0.316. The summed E-state index contributed by atoms with van der Waals surface area (Å²) in [5.74, 6) is 0.380. The van der Waals surface area contributed by atoms with Crippen molar-refractivity contribution >= 4 is 29.9 Å². The van der Waals surface area contributed by atoms with Crippen LogP contribution < -0.4 is 10.6 Å². The zero-order chi connectivity index (χ0) is 17.2. The predicted octanol–water partition coefficient (Wildman–Crippen LogP) is 3.10. The van der Waals surface area contributed by atoms with Crippen LogP contribution in [0.5, 0.6) is 0 Å². The van der Waals surface area contributed by atoms with Crippen molar-refractivity contribution in [1.29, 1.82) is 0 Å². The minimum absolute atomic E-state index is 0. The fourth-order valence-electron chi connectivity index (χ4n) is 2.27. The van der Waals surface area contributed by atoms with Gasteiger partial charge in [-0.3, -0.25) is 0 Å². The van der Waals surface area contributed by atoms with Gasteiger partial charge in [-0.2, -0.15) is 0 Å². The first-order valence-electron chi connectivity index (χ1n) is 8.16. The van der Waals surface area contributed by atoms with E-state index in [4.69, 9.17) is 0 Å². The average Bonchev–Trinajstić information content (AvgIpc) is 2.59. The molecule has 0 bridgehead atoms. The number of aliphatic imine (C=N–C) groups is 1. The lowest BCUT2D eigenvalue weighted by Gasteiger charge is -2.15. The molecule has 0 heterocycles. The monoisotopic (exact) mass is 457 g/mol. The first kappa shape index (κ1) is 21.4. The Morgan fingerprint density at radius 1 is 1.04 bits per heavy atom. The topological polar surface area (TPSA) is 56.7 Å². The largest absolute Gasteiger partial charge is 0.391 e. The zero-order valence-electron chi connectivity index (χ0n) is 14.3. The average molecular weight is 457 g/mol. The summed E-state index contributed by atoms with van der Waals surface area (Å²) < 4.78 is 12.9. The molecule has 25 heavy (non-hydrogen) atoms. The molecular formula is C19H25FIN3O. The zero-order valence-corrected chi connectivity index (χ0v) is 16.6. The summed E-state index contributed by atoms with van der Waals surface area (Å²) in [6.45, 7) is 3.56. The molecule has 0 fully saturated rings. The van der Waals surface area contributed by atoms with Gasteiger partial charge in [-0.05, 0) is 30.2 Å². The van der Waals surface area contributed by atoms with Crippen molar-refractivity contribution in [3.8, 4) is 0 Å². The molecule has 0 aliphatic rings. The van der Waals surface area contributed by atoms with Crippen molar-refractivity contribution in [2.75, 3.05) is 13.1 Å². The van der Waals surface area contributed by atoms with E-state index in [0.717, 1.165) is 17.7 Å². The number of hydrogen-bond donors (Lipinski definition) is 3. The van der Waals surface area contributed by atoms with E-state index in [1.54, 1.807) is 12.1 Å². The van der Waals surface area contributed by atoms with Gasteiger partial charge in [-0.25, -0.2) is 9.38 Å². The van der Waals surface area contributed by atoms with Crippen LogP contribution in [0.2, 0.25) is 0 Å². The predicted molar refractivity (Wildman–Crippen MR) is 111 cm³/mol. The van der Waals surface area contributed by atoms with Crippen molar-refractivity contribution in [2.24, 2.45) is 4.99 Å². The van der Waals surface area contributed by atoms with E-state index in [1.807, 2.05) is 37.3 Å². The molecule has 1 atom stereocenters. The molecule has 2 rings (SSSR count). The van der Waals surface area contributed by atoms with Crippen molar-refractivity contribution in [3.63, 3.8) is 0 Å². The molecule has 4 nitrogen and oxygen atoms in total. The van der Waals surface area contributed by atoms with Gasteiger partial charge < -0.3 is 15.7 Å². The molecule has 0 spiro atoms. The normalized spacial score (nSPS) is 12.2. The summed E-state index contributed by atoms with van der Waals surface area (Å²) in [7, 11) is 0. The van der Waals surface area contributed by atoms with Gasteiger partial charge >= 0.3 is 0 Å². The van der Waals surface area contributed by atoms with E-state index in [9.17, 15) is 9.50 Å². The highest BCUT2D eigenvalue weighted by Gasteiger charge is 2.06. The molecule has 0 amide bonds. The highest BCUT2D eigenvalue weighted by atomic mass is 127. The lowest BCUT2D eigenvalue weighted by molar-refractivity contribution is 0.177. The first-order valence-corrected chi connectivity index (χ1v) is 8.16. The van der Waals surface area contributed by atoms with E-state index in [1.165, 1.54) is 12.1 Å². The molecule has 0 aliphatic carbocycles. The Balaban J connectivity index is 0.00000312. The maximum Gasteiger partial charge on any atom is 0.191 e. The van der Waals surface area contributed by atoms with Gasteiger partial charge in [0.25, 0.3) is 0 Å². The van der Waals surface area contributed by atoms with Crippen LogP contribution in [0.1, 0.15) is 18.1 Å². The second kappa shape index (κ2) is 11.8. The van der Waals surface area contributed by atoms with Gasteiger partial charge in [0.05, 0.1) is 12.6 Å². The molecule has 0 radical (unpaired) electrons. The number of hydrogen-bond acceptors (Lipinski definition) is 2. The number of aliphatic hydroxyl groups excluding tert-OH is 1. The fourth-order valence-corrected chi connectivity index (χ4v) is 2.27. The molecule has 2 aromatic rings. The Hall–Kier alpha value is -1.67. The number of rotatable bonds is 7. The maximum absolute atomic E-state index is 12.9. The number of halogens is 2. The van der Waals surface area contributed by atoms with Gasteiger partial charge in [0.15, 0.2) is 5.96 Å². The number of benzene rings is 2. The smallest absolute Gasteiger partial charge is 0.191 e. The second-order valence-electron chi connectivity index (χ2n) is 5.55. The van der Waals surface area contributed by atoms with Crippen LogP contribution in [0.15, 0.2) is 59.6 Å². The Bertz CT molecular complexity index is 635. The molecule has 2 aromatic carbocycles. The molecule has 0 saturated carbocycles. The van der Waals surface area contributed by atoms with Crippen LogP contribution in [-0.2, 0) is 13.0 Å². The molecule has 0 saturated heterocycles. The third kappa shape index (κ3) is 8.31. The van der Waals surface area contributed by atoms with Gasteiger partial charge in [-0.15, -0.1) is 24.0 Å². The number of aliphatic hydroxyl groups is 1. The Kier molecular flexibility index (Phi) is 10.1. The van der Waals surface area contributed by atoms with Crippen LogP contribution in [0.4, 0.5) is 4.39 Å². The molecule has 3 N–H and O–H groups in total. The van der Waals surface area contributed by atoms with Gasteiger partial charge in [0, 0.05) is 19.5 Å². The summed E-state index contributed by atoms with van der Waals surface area (Å²) in [5.41, 5.74) is 2.03. The number of guanidine groups is 1. The van der Waals surface area contributed by atoms with E-state index in [2.05, 4.69) is 15.6 Å². The summed E-state index contributed by atoms with van der Waals surface area (Å²) in [4.78, 5) is 4.45. The van der Waals surface area contributed by atoms with Crippen molar-refractivity contribution in [3.05, 3.63) is 71.5 Å². The summed E-state index contributed by atoms with van der Waals surface area (Å²) in [5, 5.41) is 16.4. The third-order valence-electron chi connectivity index (χ3n) is 3.50. The van der Waals surface area contributed by atoms with Gasteiger partial charge in [0.1, 0.15) is 5.82 Å².